The van der Waals surface area contributed by atoms with Crippen molar-refractivity contribution in [1.29, 1.82) is 0 Å². The molecule has 0 aliphatic rings. The number of aromatic carboxylic acids is 1. The first-order chi connectivity index (χ1) is 16.6. The number of nitrogens with one attached hydrogen (secondary N) is 1. The predicted octanol–water partition coefficient (Wildman–Crippen LogP) is 2.83. The van der Waals surface area contributed by atoms with Gasteiger partial charge in [0.2, 0.25) is 5.91 Å². The van der Waals surface area contributed by atoms with E-state index >= 15 is 0 Å². The van der Waals surface area contributed by atoms with Crippen LogP contribution in [0.5, 0.6) is 0 Å². The van der Waals surface area contributed by atoms with E-state index in [4.69, 9.17) is 10.2 Å². The van der Waals surface area contributed by atoms with Gasteiger partial charge in [0.25, 0.3) is 10.0 Å². The number of carbonyl (C=O) groups is 3. The maximum atomic E-state index is 13.5. The third kappa shape index (κ3) is 6.67. The Morgan fingerprint density at radius 1 is 0.886 bits per heavy atom. The minimum Gasteiger partial charge on any atom is -0.481 e. The van der Waals surface area contributed by atoms with Crippen LogP contribution in [-0.4, -0.2) is 43.0 Å². The molecule has 0 aliphatic carbocycles. The van der Waals surface area contributed by atoms with Gasteiger partial charge in [-0.3, -0.25) is 13.9 Å². The summed E-state index contributed by atoms with van der Waals surface area (Å²) in [5, 5.41) is 20.8. The Morgan fingerprint density at radius 3 is 2.20 bits per heavy atom. The molecule has 0 aromatic heterocycles. The van der Waals surface area contributed by atoms with Gasteiger partial charge in [0.15, 0.2) is 0 Å². The van der Waals surface area contributed by atoms with Crippen LogP contribution >= 0.6 is 0 Å². The van der Waals surface area contributed by atoms with Crippen LogP contribution in [0.15, 0.2) is 77.7 Å². The molecule has 0 spiro atoms. The quantitative estimate of drug-likeness (QED) is 0.392. The Bertz CT molecular complexity index is 1350. The van der Waals surface area contributed by atoms with E-state index in [1.807, 2.05) is 6.92 Å². The van der Waals surface area contributed by atoms with E-state index < -0.39 is 34.4 Å². The standard InChI is InChI=1S/C25H24N2O7S/c1-17-8-10-22(11-9-17)35(33,34)27(21-7-3-4-18(13-21)14-24(29)30)16-23(28)26-15-19-5-2-6-20(12-19)25(31)32/h2-13H,14-16H2,1H3,(H,26,28)(H,29,30)(H,31,32). The molecule has 0 atom stereocenters. The lowest BCUT2D eigenvalue weighted by atomic mass is 10.1. The maximum absolute atomic E-state index is 13.5. The summed E-state index contributed by atoms with van der Waals surface area (Å²) in [6, 6.07) is 18.2. The van der Waals surface area contributed by atoms with Crippen LogP contribution in [0.1, 0.15) is 27.0 Å². The summed E-state index contributed by atoms with van der Waals surface area (Å²) in [6.45, 7) is 1.25. The molecule has 0 unspecified atom stereocenters. The second kappa shape index (κ2) is 10.8. The first kappa shape index (κ1) is 25.4. The summed E-state index contributed by atoms with van der Waals surface area (Å²) >= 11 is 0. The molecule has 3 N–H and O–H groups in total. The van der Waals surface area contributed by atoms with Gasteiger partial charge >= 0.3 is 11.9 Å². The van der Waals surface area contributed by atoms with Gasteiger partial charge in [0, 0.05) is 6.54 Å². The highest BCUT2D eigenvalue weighted by atomic mass is 32.2. The van der Waals surface area contributed by atoms with Crippen LogP contribution in [0.25, 0.3) is 0 Å². The molecule has 0 saturated carbocycles. The predicted molar refractivity (Wildman–Crippen MR) is 129 cm³/mol. The smallest absolute Gasteiger partial charge is 0.335 e. The van der Waals surface area contributed by atoms with Crippen molar-refractivity contribution in [3.63, 3.8) is 0 Å². The summed E-state index contributed by atoms with van der Waals surface area (Å²) in [5.41, 5.74) is 1.99. The maximum Gasteiger partial charge on any atom is 0.335 e. The third-order valence-electron chi connectivity index (χ3n) is 5.11. The van der Waals surface area contributed by atoms with Gasteiger partial charge in [0.05, 0.1) is 22.6 Å². The molecule has 0 bridgehead atoms. The van der Waals surface area contributed by atoms with Crippen LogP contribution in [0.4, 0.5) is 5.69 Å². The zero-order chi connectivity index (χ0) is 25.6. The summed E-state index contributed by atoms with van der Waals surface area (Å²) in [5.74, 6) is -2.80. The third-order valence-corrected chi connectivity index (χ3v) is 6.90. The Labute approximate surface area is 202 Å². The molecule has 3 aromatic rings. The molecule has 9 nitrogen and oxygen atoms in total. The fourth-order valence-corrected chi connectivity index (χ4v) is 4.76. The molecule has 0 fully saturated rings. The number of hydrogen-bond donors (Lipinski definition) is 3. The zero-order valence-corrected chi connectivity index (χ0v) is 19.7. The fraction of sp³-hybridized carbons (Fsp3) is 0.160. The molecule has 0 radical (unpaired) electrons. The average molecular weight is 497 g/mol. The minimum absolute atomic E-state index is 0.00255. The first-order valence-electron chi connectivity index (χ1n) is 10.6. The summed E-state index contributed by atoms with van der Waals surface area (Å²) in [6.07, 6.45) is -0.307. The first-order valence-corrected chi connectivity index (χ1v) is 12.0. The van der Waals surface area contributed by atoms with Crippen molar-refractivity contribution in [2.75, 3.05) is 10.8 Å². The number of hydrogen-bond acceptors (Lipinski definition) is 5. The number of anilines is 1. The summed E-state index contributed by atoms with van der Waals surface area (Å²) in [7, 11) is -4.16. The normalized spacial score (nSPS) is 11.0. The highest BCUT2D eigenvalue weighted by molar-refractivity contribution is 7.92. The van der Waals surface area contributed by atoms with Crippen molar-refractivity contribution in [1.82, 2.24) is 5.32 Å². The van der Waals surface area contributed by atoms with Gasteiger partial charge in [-0.25, -0.2) is 13.2 Å². The van der Waals surface area contributed by atoms with Crippen molar-refractivity contribution >= 4 is 33.6 Å². The molecule has 3 rings (SSSR count). The number of carboxylic acid groups (broad SMARTS) is 2. The summed E-state index contributed by atoms with van der Waals surface area (Å²) < 4.78 is 27.9. The van der Waals surface area contributed by atoms with Crippen molar-refractivity contribution in [3.8, 4) is 0 Å². The number of carboxylic acids is 2. The Morgan fingerprint density at radius 2 is 1.54 bits per heavy atom. The number of sulfonamides is 1. The van der Waals surface area contributed by atoms with Crippen molar-refractivity contribution in [3.05, 3.63) is 95.1 Å². The highest BCUT2D eigenvalue weighted by Crippen LogP contribution is 2.25. The number of amides is 1. The Balaban J connectivity index is 1.89. The largest absolute Gasteiger partial charge is 0.481 e. The Kier molecular flexibility index (Phi) is 7.87. The number of aryl methyl sites for hydroxylation is 1. The number of carbonyl (C=O) groups excluding carboxylic acids is 1. The van der Waals surface area contributed by atoms with Crippen molar-refractivity contribution in [2.45, 2.75) is 24.8 Å². The Hall–Kier alpha value is -4.18. The summed E-state index contributed by atoms with van der Waals surface area (Å²) in [4.78, 5) is 35.1. The molecular weight excluding hydrogens is 472 g/mol. The lowest BCUT2D eigenvalue weighted by molar-refractivity contribution is -0.136. The second-order valence-electron chi connectivity index (χ2n) is 7.85. The molecule has 1 amide bonds. The van der Waals surface area contributed by atoms with E-state index in [0.717, 1.165) is 9.87 Å². The molecule has 35 heavy (non-hydrogen) atoms. The van der Waals surface area contributed by atoms with Crippen LogP contribution in [0.3, 0.4) is 0 Å². The SMILES string of the molecule is Cc1ccc(S(=O)(=O)N(CC(=O)NCc2cccc(C(=O)O)c2)c2cccc(CC(=O)O)c2)cc1. The van der Waals surface area contributed by atoms with Gasteiger partial charge < -0.3 is 15.5 Å². The molecule has 3 aromatic carbocycles. The van der Waals surface area contributed by atoms with Gasteiger partial charge in [-0.2, -0.15) is 0 Å². The van der Waals surface area contributed by atoms with Gasteiger partial charge in [-0.05, 0) is 54.4 Å². The lowest BCUT2D eigenvalue weighted by Crippen LogP contribution is -2.40. The minimum atomic E-state index is -4.16. The molecule has 0 heterocycles. The van der Waals surface area contributed by atoms with E-state index in [-0.39, 0.29) is 29.1 Å². The molecule has 182 valence electrons. The van der Waals surface area contributed by atoms with E-state index in [9.17, 15) is 22.8 Å². The van der Waals surface area contributed by atoms with Crippen LogP contribution in [-0.2, 0) is 32.6 Å². The molecular formula is C25H24N2O7S. The van der Waals surface area contributed by atoms with Gasteiger partial charge in [0.1, 0.15) is 6.54 Å². The molecule has 0 saturated heterocycles. The topological polar surface area (TPSA) is 141 Å². The fourth-order valence-electron chi connectivity index (χ4n) is 3.35. The van der Waals surface area contributed by atoms with E-state index in [1.165, 1.54) is 42.5 Å². The van der Waals surface area contributed by atoms with Crippen LogP contribution in [0, 0.1) is 6.92 Å². The van der Waals surface area contributed by atoms with E-state index in [2.05, 4.69) is 5.32 Å². The van der Waals surface area contributed by atoms with Gasteiger partial charge in [-0.15, -0.1) is 0 Å². The molecule has 10 heteroatoms. The second-order valence-corrected chi connectivity index (χ2v) is 9.71. The van der Waals surface area contributed by atoms with E-state index in [1.54, 1.807) is 30.3 Å². The van der Waals surface area contributed by atoms with Crippen LogP contribution in [0.2, 0.25) is 0 Å². The monoisotopic (exact) mass is 496 g/mol. The number of nitrogens with zero attached hydrogens (tertiary/aromatic N) is 1. The molecule has 0 aliphatic heterocycles. The van der Waals surface area contributed by atoms with E-state index in [0.29, 0.717) is 11.1 Å². The van der Waals surface area contributed by atoms with Crippen molar-refractivity contribution < 1.29 is 33.0 Å². The van der Waals surface area contributed by atoms with Crippen molar-refractivity contribution in [2.24, 2.45) is 0 Å². The lowest BCUT2D eigenvalue weighted by Gasteiger charge is -2.24. The zero-order valence-electron chi connectivity index (χ0n) is 18.8. The average Bonchev–Trinajstić information content (AvgIpc) is 2.81. The number of benzene rings is 3. The number of rotatable bonds is 10. The van der Waals surface area contributed by atoms with Gasteiger partial charge in [-0.1, -0.05) is 42.0 Å². The number of aliphatic carboxylic acids is 1. The highest BCUT2D eigenvalue weighted by Gasteiger charge is 2.27. The van der Waals surface area contributed by atoms with Crippen LogP contribution < -0.4 is 9.62 Å².